The minimum absolute atomic E-state index is 0.677. The summed E-state index contributed by atoms with van der Waals surface area (Å²) in [6, 6.07) is 9.45. The third-order valence-electron chi connectivity index (χ3n) is 3.10. The maximum atomic E-state index is 10.6. The van der Waals surface area contributed by atoms with E-state index in [0.717, 1.165) is 31.2 Å². The number of hydrogen-bond donors (Lipinski definition) is 1. The van der Waals surface area contributed by atoms with Gasteiger partial charge in [0, 0.05) is 19.5 Å². The van der Waals surface area contributed by atoms with E-state index in [-0.39, 0.29) is 0 Å². The third-order valence-corrected chi connectivity index (χ3v) is 4.88. The summed E-state index contributed by atoms with van der Waals surface area (Å²) in [5, 5.41) is 11.2. The van der Waals surface area contributed by atoms with E-state index < -0.39 is 6.10 Å². The van der Waals surface area contributed by atoms with E-state index in [2.05, 4.69) is 31.9 Å². The lowest BCUT2D eigenvalue weighted by Gasteiger charge is -2.17. The molecule has 0 spiro atoms. The topological polar surface area (TPSA) is 20.2 Å². The molecule has 100 valence electrons. The molecular formula is C15H13Br2ClO. The lowest BCUT2D eigenvalue weighted by atomic mass is 9.97. The van der Waals surface area contributed by atoms with Gasteiger partial charge in [0.05, 0.1) is 0 Å². The van der Waals surface area contributed by atoms with Gasteiger partial charge < -0.3 is 5.11 Å². The zero-order valence-corrected chi connectivity index (χ0v) is 14.5. The van der Waals surface area contributed by atoms with Crippen LogP contribution in [-0.2, 0) is 0 Å². The molecule has 1 nitrogen and oxygen atoms in total. The van der Waals surface area contributed by atoms with E-state index in [4.69, 9.17) is 11.6 Å². The Labute approximate surface area is 134 Å². The molecule has 0 aliphatic rings. The number of aliphatic hydroxyl groups excluding tert-OH is 1. The number of aliphatic hydroxyl groups is 1. The molecular weight excluding hydrogens is 391 g/mol. The Morgan fingerprint density at radius 2 is 1.63 bits per heavy atom. The fourth-order valence-electron chi connectivity index (χ4n) is 1.98. The molecule has 0 bridgehead atoms. The van der Waals surface area contributed by atoms with Crippen molar-refractivity contribution in [2.75, 3.05) is 0 Å². The molecule has 0 aliphatic carbocycles. The quantitative estimate of drug-likeness (QED) is 0.694. The van der Waals surface area contributed by atoms with Crippen LogP contribution in [0, 0.1) is 13.8 Å². The van der Waals surface area contributed by atoms with Crippen molar-refractivity contribution in [2.45, 2.75) is 20.0 Å². The van der Waals surface area contributed by atoms with Crippen molar-refractivity contribution in [3.63, 3.8) is 0 Å². The number of hydrogen-bond acceptors (Lipinski definition) is 1. The van der Waals surface area contributed by atoms with Crippen LogP contribution in [0.3, 0.4) is 0 Å². The van der Waals surface area contributed by atoms with Gasteiger partial charge in [-0.1, -0.05) is 49.5 Å². The van der Waals surface area contributed by atoms with Crippen LogP contribution in [0.25, 0.3) is 0 Å². The first-order valence-electron chi connectivity index (χ1n) is 5.80. The first-order valence-corrected chi connectivity index (χ1v) is 7.76. The fraction of sp³-hybridized carbons (Fsp3) is 0.200. The van der Waals surface area contributed by atoms with Crippen molar-refractivity contribution >= 4 is 43.5 Å². The predicted molar refractivity (Wildman–Crippen MR) is 86.8 cm³/mol. The summed E-state index contributed by atoms with van der Waals surface area (Å²) < 4.78 is 1.88. The van der Waals surface area contributed by atoms with Crippen molar-refractivity contribution in [2.24, 2.45) is 0 Å². The van der Waals surface area contributed by atoms with Gasteiger partial charge in [0.2, 0.25) is 0 Å². The van der Waals surface area contributed by atoms with E-state index >= 15 is 0 Å². The van der Waals surface area contributed by atoms with E-state index in [1.54, 1.807) is 6.07 Å². The lowest BCUT2D eigenvalue weighted by Crippen LogP contribution is -2.03. The molecule has 1 atom stereocenters. The zero-order chi connectivity index (χ0) is 14.2. The molecule has 0 aromatic heterocycles. The van der Waals surface area contributed by atoms with Crippen LogP contribution in [0.1, 0.15) is 28.4 Å². The van der Waals surface area contributed by atoms with Crippen LogP contribution in [-0.4, -0.2) is 5.11 Å². The van der Waals surface area contributed by atoms with Crippen LogP contribution in [0.4, 0.5) is 0 Å². The zero-order valence-electron chi connectivity index (χ0n) is 10.5. The second kappa shape index (κ2) is 5.96. The van der Waals surface area contributed by atoms with Gasteiger partial charge in [-0.3, -0.25) is 0 Å². The SMILES string of the molecule is Cc1cc(Br)c(C(O)c2ccc(Cl)cc2C)cc1Br. The number of aryl methyl sites for hydroxylation is 2. The molecule has 1 unspecified atom stereocenters. The largest absolute Gasteiger partial charge is 0.384 e. The highest BCUT2D eigenvalue weighted by atomic mass is 79.9. The Morgan fingerprint density at radius 1 is 0.947 bits per heavy atom. The van der Waals surface area contributed by atoms with Gasteiger partial charge in [-0.05, 0) is 54.8 Å². The van der Waals surface area contributed by atoms with E-state index in [0.29, 0.717) is 5.02 Å². The Bertz CT molecular complexity index is 626. The predicted octanol–water partition coefficient (Wildman–Crippen LogP) is 5.56. The smallest absolute Gasteiger partial charge is 0.105 e. The summed E-state index contributed by atoms with van der Waals surface area (Å²) in [6.07, 6.45) is -0.677. The van der Waals surface area contributed by atoms with E-state index in [1.807, 2.05) is 38.1 Å². The molecule has 2 rings (SSSR count). The molecule has 1 N–H and O–H groups in total. The van der Waals surface area contributed by atoms with E-state index in [9.17, 15) is 5.11 Å². The van der Waals surface area contributed by atoms with E-state index in [1.165, 1.54) is 0 Å². The van der Waals surface area contributed by atoms with Crippen LogP contribution < -0.4 is 0 Å². The van der Waals surface area contributed by atoms with Crippen LogP contribution >= 0.6 is 43.5 Å². The molecule has 0 aliphatic heterocycles. The molecule has 0 amide bonds. The normalized spacial score (nSPS) is 12.5. The summed E-state index contributed by atoms with van der Waals surface area (Å²) in [5.41, 5.74) is 3.79. The lowest BCUT2D eigenvalue weighted by molar-refractivity contribution is 0.218. The first kappa shape index (κ1) is 15.0. The van der Waals surface area contributed by atoms with Crippen molar-refractivity contribution in [1.29, 1.82) is 0 Å². The minimum Gasteiger partial charge on any atom is -0.384 e. The summed E-state index contributed by atoms with van der Waals surface area (Å²) in [7, 11) is 0. The van der Waals surface area contributed by atoms with Crippen molar-refractivity contribution in [3.05, 3.63) is 66.6 Å². The highest BCUT2D eigenvalue weighted by Crippen LogP contribution is 2.34. The fourth-order valence-corrected chi connectivity index (χ4v) is 3.25. The maximum absolute atomic E-state index is 10.6. The minimum atomic E-state index is -0.677. The van der Waals surface area contributed by atoms with Crippen molar-refractivity contribution in [1.82, 2.24) is 0 Å². The molecule has 0 heterocycles. The summed E-state index contributed by atoms with van der Waals surface area (Å²) >= 11 is 13.0. The summed E-state index contributed by atoms with van der Waals surface area (Å²) in [6.45, 7) is 3.96. The number of benzene rings is 2. The molecule has 2 aromatic carbocycles. The third kappa shape index (κ3) is 3.22. The highest BCUT2D eigenvalue weighted by Gasteiger charge is 2.17. The summed E-state index contributed by atoms with van der Waals surface area (Å²) in [4.78, 5) is 0. The molecule has 4 heteroatoms. The van der Waals surface area contributed by atoms with Gasteiger partial charge in [-0.2, -0.15) is 0 Å². The van der Waals surface area contributed by atoms with Crippen LogP contribution in [0.5, 0.6) is 0 Å². The molecule has 0 saturated carbocycles. The Kier molecular flexibility index (Phi) is 4.72. The van der Waals surface area contributed by atoms with Gasteiger partial charge >= 0.3 is 0 Å². The average Bonchev–Trinajstić information content (AvgIpc) is 2.33. The number of halogens is 3. The second-order valence-electron chi connectivity index (χ2n) is 4.53. The second-order valence-corrected chi connectivity index (χ2v) is 6.67. The first-order chi connectivity index (χ1) is 8.90. The molecule has 0 fully saturated rings. The van der Waals surface area contributed by atoms with Gasteiger partial charge in [0.25, 0.3) is 0 Å². The van der Waals surface area contributed by atoms with Gasteiger partial charge in [-0.25, -0.2) is 0 Å². The monoisotopic (exact) mass is 402 g/mol. The van der Waals surface area contributed by atoms with Crippen LogP contribution in [0.2, 0.25) is 5.02 Å². The Balaban J connectivity index is 2.49. The Hall–Kier alpha value is -0.350. The highest BCUT2D eigenvalue weighted by molar-refractivity contribution is 9.11. The Morgan fingerprint density at radius 3 is 2.26 bits per heavy atom. The van der Waals surface area contributed by atoms with Gasteiger partial charge in [-0.15, -0.1) is 0 Å². The van der Waals surface area contributed by atoms with Gasteiger partial charge in [0.1, 0.15) is 6.10 Å². The van der Waals surface area contributed by atoms with Crippen molar-refractivity contribution in [3.8, 4) is 0 Å². The molecule has 0 saturated heterocycles. The molecule has 2 aromatic rings. The number of rotatable bonds is 2. The average molecular weight is 405 g/mol. The van der Waals surface area contributed by atoms with Gasteiger partial charge in [0.15, 0.2) is 0 Å². The summed E-state index contributed by atoms with van der Waals surface area (Å²) in [5.74, 6) is 0. The van der Waals surface area contributed by atoms with Crippen LogP contribution in [0.15, 0.2) is 39.3 Å². The van der Waals surface area contributed by atoms with Crippen molar-refractivity contribution < 1.29 is 5.11 Å². The molecule has 19 heavy (non-hydrogen) atoms. The maximum Gasteiger partial charge on any atom is 0.105 e. The standard InChI is InChI=1S/C15H13Br2ClO/c1-8-5-10(18)3-4-11(8)15(19)12-7-13(16)9(2)6-14(12)17/h3-7,15,19H,1-2H3. The molecule has 0 radical (unpaired) electrons.